The Labute approximate surface area is 138 Å². The molecule has 0 radical (unpaired) electrons. The van der Waals surface area contributed by atoms with Crippen LogP contribution in [0.15, 0.2) is 0 Å². The van der Waals surface area contributed by atoms with Crippen molar-refractivity contribution in [2.75, 3.05) is 53.0 Å². The van der Waals surface area contributed by atoms with Gasteiger partial charge in [0.05, 0.1) is 32.7 Å². The van der Waals surface area contributed by atoms with E-state index >= 15 is 0 Å². The Morgan fingerprint density at radius 2 is 2.00 bits per heavy atom. The van der Waals surface area contributed by atoms with Gasteiger partial charge in [-0.25, -0.2) is 0 Å². The van der Waals surface area contributed by atoms with Gasteiger partial charge in [-0.1, -0.05) is 6.92 Å². The van der Waals surface area contributed by atoms with Gasteiger partial charge in [0.1, 0.15) is 5.60 Å². The van der Waals surface area contributed by atoms with Crippen LogP contribution in [0.3, 0.4) is 0 Å². The first-order valence-electron chi connectivity index (χ1n) is 8.43. The summed E-state index contributed by atoms with van der Waals surface area (Å²) < 4.78 is 5.40. The molecule has 2 fully saturated rings. The van der Waals surface area contributed by atoms with E-state index < -0.39 is 5.60 Å². The Balaban J connectivity index is 1.91. The second kappa shape index (κ2) is 8.08. The van der Waals surface area contributed by atoms with Crippen molar-refractivity contribution in [2.45, 2.75) is 31.8 Å². The first-order valence-corrected chi connectivity index (χ1v) is 8.43. The lowest BCUT2D eigenvalue weighted by Gasteiger charge is -2.33. The van der Waals surface area contributed by atoms with Gasteiger partial charge in [-0.2, -0.15) is 0 Å². The van der Waals surface area contributed by atoms with E-state index in [-0.39, 0.29) is 31.4 Å². The molecule has 0 spiro atoms. The van der Waals surface area contributed by atoms with Gasteiger partial charge in [0.15, 0.2) is 0 Å². The molecule has 0 aromatic heterocycles. The average molecular weight is 327 g/mol. The van der Waals surface area contributed by atoms with Crippen LogP contribution in [0.1, 0.15) is 26.2 Å². The third kappa shape index (κ3) is 5.44. The van der Waals surface area contributed by atoms with Crippen molar-refractivity contribution >= 4 is 11.8 Å². The van der Waals surface area contributed by atoms with Crippen LogP contribution in [0.4, 0.5) is 0 Å². The molecule has 1 atom stereocenters. The number of hydrogen-bond donors (Lipinski definition) is 2. The third-order valence-electron chi connectivity index (χ3n) is 4.72. The summed E-state index contributed by atoms with van der Waals surface area (Å²) in [5.74, 6) is 0.474. The number of nitrogens with zero attached hydrogens (tertiary/aromatic N) is 2. The maximum Gasteiger partial charge on any atom is 0.236 e. The van der Waals surface area contributed by atoms with E-state index in [1.807, 2.05) is 0 Å². The molecule has 0 aliphatic carbocycles. The van der Waals surface area contributed by atoms with Crippen LogP contribution in [0.2, 0.25) is 0 Å². The van der Waals surface area contributed by atoms with Crippen LogP contribution >= 0.6 is 0 Å². The van der Waals surface area contributed by atoms with Crippen molar-refractivity contribution in [1.82, 2.24) is 15.1 Å². The molecule has 0 aromatic rings. The molecule has 2 aliphatic heterocycles. The highest BCUT2D eigenvalue weighted by Crippen LogP contribution is 2.19. The van der Waals surface area contributed by atoms with Crippen molar-refractivity contribution in [3.63, 3.8) is 0 Å². The predicted molar refractivity (Wildman–Crippen MR) is 85.9 cm³/mol. The summed E-state index contributed by atoms with van der Waals surface area (Å²) >= 11 is 0. The minimum absolute atomic E-state index is 0.000356. The number of carbonyl (C=O) groups is 2. The highest BCUT2D eigenvalue weighted by atomic mass is 16.5. The molecule has 2 rings (SSSR count). The first-order chi connectivity index (χ1) is 10.9. The summed E-state index contributed by atoms with van der Waals surface area (Å²) in [6.07, 6.45) is 2.18. The van der Waals surface area contributed by atoms with Crippen molar-refractivity contribution in [2.24, 2.45) is 5.92 Å². The molecular weight excluding hydrogens is 298 g/mol. The number of amides is 2. The van der Waals surface area contributed by atoms with E-state index in [1.54, 1.807) is 4.90 Å². The Morgan fingerprint density at radius 1 is 1.30 bits per heavy atom. The molecule has 0 unspecified atom stereocenters. The van der Waals surface area contributed by atoms with Crippen molar-refractivity contribution < 1.29 is 19.4 Å². The summed E-state index contributed by atoms with van der Waals surface area (Å²) in [4.78, 5) is 27.9. The molecule has 7 nitrogen and oxygen atoms in total. The summed E-state index contributed by atoms with van der Waals surface area (Å²) in [5, 5.41) is 13.1. The largest absolute Gasteiger partial charge is 0.385 e. The molecule has 2 aliphatic rings. The highest BCUT2D eigenvalue weighted by molar-refractivity contribution is 5.79. The molecule has 0 saturated carbocycles. The summed E-state index contributed by atoms with van der Waals surface area (Å²) in [5.41, 5.74) is -1.32. The average Bonchev–Trinajstić information content (AvgIpc) is 2.71. The standard InChI is InChI=1S/C16H29N3O4/c1-13-3-5-18(6-4-13)10-15(21)19-7-8-23-12-16(22,11-19)9-14(20)17-2/h13,22H,3-12H2,1-2H3,(H,17,20)/t16-/m1/s1. The van der Waals surface area contributed by atoms with Gasteiger partial charge in [-0.15, -0.1) is 0 Å². The Kier molecular flexibility index (Phi) is 6.38. The molecule has 23 heavy (non-hydrogen) atoms. The van der Waals surface area contributed by atoms with Gasteiger partial charge in [-0.3, -0.25) is 14.5 Å². The van der Waals surface area contributed by atoms with Gasteiger partial charge >= 0.3 is 0 Å². The zero-order valence-electron chi connectivity index (χ0n) is 14.2. The van der Waals surface area contributed by atoms with E-state index in [2.05, 4.69) is 17.1 Å². The Bertz CT molecular complexity index is 424. The zero-order valence-corrected chi connectivity index (χ0v) is 14.2. The number of piperidine rings is 1. The number of β-amino-alcohol motifs (C(OH)–C–C–N with tert-alkyl or cyclic N) is 1. The number of likely N-dealkylation sites (tertiary alicyclic amines) is 1. The topological polar surface area (TPSA) is 82.1 Å². The normalized spacial score (nSPS) is 27.5. The van der Waals surface area contributed by atoms with Crippen LogP contribution in [0.25, 0.3) is 0 Å². The number of carbonyl (C=O) groups excluding carboxylic acids is 2. The van der Waals surface area contributed by atoms with Crippen LogP contribution in [-0.2, 0) is 14.3 Å². The minimum Gasteiger partial charge on any atom is -0.385 e. The zero-order chi connectivity index (χ0) is 16.9. The van der Waals surface area contributed by atoms with E-state index in [0.29, 0.717) is 19.7 Å². The predicted octanol–water partition coefficient (Wildman–Crippen LogP) is -0.556. The quantitative estimate of drug-likeness (QED) is 0.724. The van der Waals surface area contributed by atoms with E-state index in [9.17, 15) is 14.7 Å². The molecule has 0 aromatic carbocycles. The second-order valence-electron chi connectivity index (χ2n) is 6.90. The number of ether oxygens (including phenoxy) is 1. The fourth-order valence-corrected chi connectivity index (χ4v) is 3.14. The van der Waals surface area contributed by atoms with Crippen LogP contribution in [0, 0.1) is 5.92 Å². The van der Waals surface area contributed by atoms with Crippen molar-refractivity contribution in [3.8, 4) is 0 Å². The summed E-state index contributed by atoms with van der Waals surface area (Å²) in [6.45, 7) is 5.57. The van der Waals surface area contributed by atoms with E-state index in [4.69, 9.17) is 4.74 Å². The number of hydrogen-bond acceptors (Lipinski definition) is 5. The Morgan fingerprint density at radius 3 is 2.65 bits per heavy atom. The van der Waals surface area contributed by atoms with Gasteiger partial charge in [0.2, 0.25) is 11.8 Å². The van der Waals surface area contributed by atoms with Crippen LogP contribution < -0.4 is 5.32 Å². The SMILES string of the molecule is CNC(=O)C[C@]1(O)COCCN(C(=O)CN2CCC(C)CC2)C1. The van der Waals surface area contributed by atoms with Gasteiger partial charge < -0.3 is 20.1 Å². The van der Waals surface area contributed by atoms with Crippen LogP contribution in [0.5, 0.6) is 0 Å². The van der Waals surface area contributed by atoms with Crippen molar-refractivity contribution in [3.05, 3.63) is 0 Å². The minimum atomic E-state index is -1.32. The summed E-state index contributed by atoms with van der Waals surface area (Å²) in [6, 6.07) is 0. The number of rotatable bonds is 4. The van der Waals surface area contributed by atoms with E-state index in [0.717, 1.165) is 31.8 Å². The number of nitrogens with one attached hydrogen (secondary N) is 1. The smallest absolute Gasteiger partial charge is 0.236 e. The molecule has 2 N–H and O–H groups in total. The molecule has 0 bridgehead atoms. The highest BCUT2D eigenvalue weighted by Gasteiger charge is 2.36. The van der Waals surface area contributed by atoms with Gasteiger partial charge in [0, 0.05) is 13.6 Å². The molecule has 2 amide bonds. The van der Waals surface area contributed by atoms with E-state index in [1.165, 1.54) is 7.05 Å². The van der Waals surface area contributed by atoms with Crippen molar-refractivity contribution in [1.29, 1.82) is 0 Å². The number of aliphatic hydroxyl groups is 1. The first kappa shape index (κ1) is 18.2. The fraction of sp³-hybridized carbons (Fsp3) is 0.875. The third-order valence-corrected chi connectivity index (χ3v) is 4.72. The molecule has 132 valence electrons. The molecule has 2 heterocycles. The monoisotopic (exact) mass is 327 g/mol. The summed E-state index contributed by atoms with van der Waals surface area (Å²) in [7, 11) is 1.53. The maximum atomic E-state index is 12.6. The van der Waals surface area contributed by atoms with Gasteiger partial charge in [0.25, 0.3) is 0 Å². The maximum absolute atomic E-state index is 12.6. The molecule has 2 saturated heterocycles. The lowest BCUT2D eigenvalue weighted by molar-refractivity contribution is -0.138. The second-order valence-corrected chi connectivity index (χ2v) is 6.90. The lowest BCUT2D eigenvalue weighted by atomic mass is 9.98. The Hall–Kier alpha value is -1.18. The molecule has 7 heteroatoms. The van der Waals surface area contributed by atoms with Gasteiger partial charge in [-0.05, 0) is 31.8 Å². The van der Waals surface area contributed by atoms with Crippen LogP contribution in [-0.4, -0.2) is 85.3 Å². The molecular formula is C16H29N3O4. The lowest BCUT2D eigenvalue weighted by Crippen LogP contribution is -2.51. The fourth-order valence-electron chi connectivity index (χ4n) is 3.14.